The number of carbonyl (C=O) groups excluding carboxylic acids is 1. The molecule has 2 aromatic rings. The van der Waals surface area contributed by atoms with Crippen molar-refractivity contribution in [2.75, 3.05) is 0 Å². The summed E-state index contributed by atoms with van der Waals surface area (Å²) in [5, 5.41) is 1.20. The van der Waals surface area contributed by atoms with E-state index in [-0.39, 0.29) is 5.41 Å². The second-order valence-electron chi connectivity index (χ2n) is 4.39. The topological polar surface area (TPSA) is 32.9 Å². The number of para-hydroxylation sites is 1. The highest BCUT2D eigenvalue weighted by Crippen LogP contribution is 2.50. The molecule has 1 heterocycles. The number of aromatic nitrogens is 1. The maximum absolute atomic E-state index is 11.7. The summed E-state index contributed by atoms with van der Waals surface area (Å²) in [7, 11) is 0. The van der Waals surface area contributed by atoms with Crippen molar-refractivity contribution in [2.24, 2.45) is 0 Å². The van der Waals surface area contributed by atoms with E-state index in [0.29, 0.717) is 5.78 Å². The standard InChI is InChI=1S/C13H13NO/c1-9(15)13(6-7-13)11-8-14-12-5-3-2-4-10(11)12/h2-5,8,14H,6-7H2,1H3. The third-order valence-electron chi connectivity index (χ3n) is 3.53. The van der Waals surface area contributed by atoms with Gasteiger partial charge in [-0.1, -0.05) is 18.2 Å². The van der Waals surface area contributed by atoms with E-state index in [2.05, 4.69) is 17.1 Å². The number of carbonyl (C=O) groups is 1. The van der Waals surface area contributed by atoms with Crippen LogP contribution in [-0.4, -0.2) is 10.8 Å². The molecule has 0 atom stereocenters. The van der Waals surface area contributed by atoms with E-state index >= 15 is 0 Å². The minimum atomic E-state index is -0.167. The van der Waals surface area contributed by atoms with E-state index in [1.165, 1.54) is 10.9 Å². The molecule has 0 aliphatic heterocycles. The van der Waals surface area contributed by atoms with Crippen molar-refractivity contribution < 1.29 is 4.79 Å². The molecule has 0 saturated heterocycles. The first kappa shape index (κ1) is 8.72. The van der Waals surface area contributed by atoms with Gasteiger partial charge in [-0.25, -0.2) is 0 Å². The summed E-state index contributed by atoms with van der Waals surface area (Å²) < 4.78 is 0. The van der Waals surface area contributed by atoms with Gasteiger partial charge in [-0.05, 0) is 31.4 Å². The maximum Gasteiger partial charge on any atom is 0.140 e. The van der Waals surface area contributed by atoms with Crippen molar-refractivity contribution in [2.45, 2.75) is 25.2 Å². The number of benzene rings is 1. The van der Waals surface area contributed by atoms with Crippen LogP contribution in [0.3, 0.4) is 0 Å². The minimum Gasteiger partial charge on any atom is -0.361 e. The lowest BCUT2D eigenvalue weighted by Gasteiger charge is -2.09. The van der Waals surface area contributed by atoms with Crippen molar-refractivity contribution in [3.05, 3.63) is 36.0 Å². The zero-order valence-electron chi connectivity index (χ0n) is 8.71. The molecule has 0 amide bonds. The molecule has 76 valence electrons. The van der Waals surface area contributed by atoms with Gasteiger partial charge in [-0.15, -0.1) is 0 Å². The normalized spacial score (nSPS) is 17.9. The van der Waals surface area contributed by atoms with Crippen LogP contribution >= 0.6 is 0 Å². The molecule has 2 heteroatoms. The number of fused-ring (bicyclic) bond motifs is 1. The van der Waals surface area contributed by atoms with Crippen LogP contribution < -0.4 is 0 Å². The molecule has 1 aliphatic rings. The Balaban J connectivity index is 2.24. The zero-order valence-corrected chi connectivity index (χ0v) is 8.71. The fraction of sp³-hybridized carbons (Fsp3) is 0.308. The molecule has 1 fully saturated rings. The Labute approximate surface area is 88.3 Å². The molecule has 1 aromatic heterocycles. The van der Waals surface area contributed by atoms with Gasteiger partial charge in [0, 0.05) is 17.1 Å². The first-order chi connectivity index (χ1) is 7.24. The van der Waals surface area contributed by atoms with E-state index in [4.69, 9.17) is 0 Å². The van der Waals surface area contributed by atoms with Crippen molar-refractivity contribution in [3.8, 4) is 0 Å². The number of hydrogen-bond donors (Lipinski definition) is 1. The quantitative estimate of drug-likeness (QED) is 0.792. The summed E-state index contributed by atoms with van der Waals surface area (Å²) in [6.07, 6.45) is 4.01. The summed E-state index contributed by atoms with van der Waals surface area (Å²) >= 11 is 0. The van der Waals surface area contributed by atoms with Crippen molar-refractivity contribution in [1.82, 2.24) is 4.98 Å². The van der Waals surface area contributed by atoms with Crippen LogP contribution in [0.2, 0.25) is 0 Å². The van der Waals surface area contributed by atoms with Gasteiger partial charge < -0.3 is 4.98 Å². The monoisotopic (exact) mass is 199 g/mol. The Morgan fingerprint density at radius 3 is 2.73 bits per heavy atom. The smallest absolute Gasteiger partial charge is 0.140 e. The summed E-state index contributed by atoms with van der Waals surface area (Å²) in [6.45, 7) is 1.70. The fourth-order valence-corrected chi connectivity index (χ4v) is 2.40. The van der Waals surface area contributed by atoms with E-state index in [0.717, 1.165) is 18.4 Å². The van der Waals surface area contributed by atoms with E-state index in [1.807, 2.05) is 18.3 Å². The largest absolute Gasteiger partial charge is 0.361 e. The Morgan fingerprint density at radius 1 is 1.33 bits per heavy atom. The SMILES string of the molecule is CC(=O)C1(c2c[nH]c3ccccc23)CC1. The molecule has 2 nitrogen and oxygen atoms in total. The molecule has 15 heavy (non-hydrogen) atoms. The maximum atomic E-state index is 11.7. The van der Waals surface area contributed by atoms with Gasteiger partial charge in [0.05, 0.1) is 5.41 Å². The number of H-pyrrole nitrogens is 1. The molecule has 3 rings (SSSR count). The second kappa shape index (κ2) is 2.72. The molecule has 0 spiro atoms. The van der Waals surface area contributed by atoms with Gasteiger partial charge in [-0.3, -0.25) is 4.79 Å². The number of rotatable bonds is 2. The highest BCUT2D eigenvalue weighted by Gasteiger charge is 2.49. The van der Waals surface area contributed by atoms with Crippen molar-refractivity contribution in [3.63, 3.8) is 0 Å². The number of Topliss-reactive ketones (excluding diaryl/α,β-unsaturated/α-hetero) is 1. The minimum absolute atomic E-state index is 0.167. The highest BCUT2D eigenvalue weighted by molar-refractivity contribution is 5.97. The molecule has 0 bridgehead atoms. The molecule has 1 aliphatic carbocycles. The first-order valence-electron chi connectivity index (χ1n) is 5.32. The fourth-order valence-electron chi connectivity index (χ4n) is 2.40. The number of aromatic amines is 1. The van der Waals surface area contributed by atoms with E-state index in [1.54, 1.807) is 6.92 Å². The van der Waals surface area contributed by atoms with Gasteiger partial charge in [0.2, 0.25) is 0 Å². The number of nitrogens with one attached hydrogen (secondary N) is 1. The van der Waals surface area contributed by atoms with Crippen LogP contribution in [0.4, 0.5) is 0 Å². The van der Waals surface area contributed by atoms with E-state index < -0.39 is 0 Å². The van der Waals surface area contributed by atoms with Crippen LogP contribution in [0.5, 0.6) is 0 Å². The summed E-state index contributed by atoms with van der Waals surface area (Å²) in [5.74, 6) is 0.298. The number of ketones is 1. The summed E-state index contributed by atoms with van der Waals surface area (Å²) in [5.41, 5.74) is 2.14. The van der Waals surface area contributed by atoms with Gasteiger partial charge in [-0.2, -0.15) is 0 Å². The molecule has 1 saturated carbocycles. The van der Waals surface area contributed by atoms with Crippen LogP contribution in [0.25, 0.3) is 10.9 Å². The summed E-state index contributed by atoms with van der Waals surface area (Å²) in [4.78, 5) is 14.9. The molecule has 0 unspecified atom stereocenters. The lowest BCUT2D eigenvalue weighted by molar-refractivity contribution is -0.119. The molecule has 1 N–H and O–H groups in total. The van der Waals surface area contributed by atoms with Crippen LogP contribution in [0.15, 0.2) is 30.5 Å². The number of hydrogen-bond acceptors (Lipinski definition) is 1. The Bertz CT molecular complexity index is 534. The lowest BCUT2D eigenvalue weighted by atomic mass is 9.92. The predicted octanol–water partition coefficient (Wildman–Crippen LogP) is 2.79. The van der Waals surface area contributed by atoms with Gasteiger partial charge in [0.25, 0.3) is 0 Å². The first-order valence-corrected chi connectivity index (χ1v) is 5.32. The third kappa shape index (κ3) is 1.08. The van der Waals surface area contributed by atoms with Crippen LogP contribution in [0.1, 0.15) is 25.3 Å². The average Bonchev–Trinajstić information content (AvgIpc) is 2.93. The summed E-state index contributed by atoms with van der Waals surface area (Å²) in [6, 6.07) is 8.17. The van der Waals surface area contributed by atoms with Crippen LogP contribution in [-0.2, 0) is 10.2 Å². The highest BCUT2D eigenvalue weighted by atomic mass is 16.1. The van der Waals surface area contributed by atoms with Crippen molar-refractivity contribution >= 4 is 16.7 Å². The van der Waals surface area contributed by atoms with Crippen LogP contribution in [0, 0.1) is 0 Å². The van der Waals surface area contributed by atoms with E-state index in [9.17, 15) is 4.79 Å². The molecule has 1 aromatic carbocycles. The van der Waals surface area contributed by atoms with Gasteiger partial charge in [0.15, 0.2) is 0 Å². The Kier molecular flexibility index (Phi) is 1.58. The van der Waals surface area contributed by atoms with Crippen molar-refractivity contribution in [1.29, 1.82) is 0 Å². The zero-order chi connectivity index (χ0) is 10.5. The average molecular weight is 199 g/mol. The predicted molar refractivity (Wildman–Crippen MR) is 59.9 cm³/mol. The third-order valence-corrected chi connectivity index (χ3v) is 3.53. The Hall–Kier alpha value is -1.57. The molecule has 0 radical (unpaired) electrons. The molecular formula is C13H13NO. The molecular weight excluding hydrogens is 186 g/mol. The lowest BCUT2D eigenvalue weighted by Crippen LogP contribution is -2.16. The Morgan fingerprint density at radius 2 is 2.07 bits per heavy atom. The van der Waals surface area contributed by atoms with Gasteiger partial charge >= 0.3 is 0 Å². The second-order valence-corrected chi connectivity index (χ2v) is 4.39. The van der Waals surface area contributed by atoms with Gasteiger partial charge in [0.1, 0.15) is 5.78 Å².